The Morgan fingerprint density at radius 1 is 1.24 bits per heavy atom. The smallest absolute Gasteiger partial charge is 0.257 e. The molecule has 2 N–H and O–H groups in total. The lowest BCUT2D eigenvalue weighted by atomic mass is 10.2. The monoisotopic (exact) mass is 303 g/mol. The van der Waals surface area contributed by atoms with Crippen LogP contribution >= 0.6 is 11.6 Å². The van der Waals surface area contributed by atoms with Crippen molar-refractivity contribution >= 4 is 28.9 Å². The molecule has 0 aliphatic rings. The zero-order valence-electron chi connectivity index (χ0n) is 12.1. The minimum atomic E-state index is -0.197. The van der Waals surface area contributed by atoms with Crippen LogP contribution in [0.3, 0.4) is 0 Å². The number of benzene rings is 1. The molecule has 0 fully saturated rings. The molecule has 1 heterocycles. The van der Waals surface area contributed by atoms with E-state index in [4.69, 9.17) is 11.6 Å². The quantitative estimate of drug-likeness (QED) is 0.870. The first-order chi connectivity index (χ1) is 10.1. The van der Waals surface area contributed by atoms with Gasteiger partial charge in [0.2, 0.25) is 0 Å². The van der Waals surface area contributed by atoms with Crippen LogP contribution < -0.4 is 10.6 Å². The molecular weight excluding hydrogens is 286 g/mol. The summed E-state index contributed by atoms with van der Waals surface area (Å²) in [4.78, 5) is 16.3. The minimum absolute atomic E-state index is 0.197. The first kappa shape index (κ1) is 15.3. The first-order valence-electron chi connectivity index (χ1n) is 6.87. The Morgan fingerprint density at radius 3 is 2.62 bits per heavy atom. The van der Waals surface area contributed by atoms with Gasteiger partial charge in [0.05, 0.1) is 11.3 Å². The van der Waals surface area contributed by atoms with Gasteiger partial charge in [0.25, 0.3) is 5.91 Å². The molecule has 110 valence electrons. The molecule has 21 heavy (non-hydrogen) atoms. The second-order valence-electron chi connectivity index (χ2n) is 4.88. The second kappa shape index (κ2) is 7.09. The fraction of sp³-hybridized carbons (Fsp3) is 0.250. The second-order valence-corrected chi connectivity index (χ2v) is 5.31. The highest BCUT2D eigenvalue weighted by atomic mass is 35.5. The van der Waals surface area contributed by atoms with Gasteiger partial charge in [-0.2, -0.15) is 0 Å². The highest BCUT2D eigenvalue weighted by Gasteiger charge is 2.08. The largest absolute Gasteiger partial charge is 0.381 e. The van der Waals surface area contributed by atoms with E-state index in [0.717, 1.165) is 12.1 Å². The van der Waals surface area contributed by atoms with Crippen LogP contribution in [0.15, 0.2) is 42.7 Å². The number of hydrogen-bond donors (Lipinski definition) is 2. The summed E-state index contributed by atoms with van der Waals surface area (Å²) < 4.78 is 0. The molecule has 1 aromatic carbocycles. The van der Waals surface area contributed by atoms with E-state index < -0.39 is 0 Å². The van der Waals surface area contributed by atoms with E-state index in [2.05, 4.69) is 29.5 Å². The molecule has 1 unspecified atom stereocenters. The van der Waals surface area contributed by atoms with Crippen LogP contribution in [0.1, 0.15) is 30.6 Å². The summed E-state index contributed by atoms with van der Waals surface area (Å²) in [7, 11) is 0. The Labute approximate surface area is 129 Å². The lowest BCUT2D eigenvalue weighted by Gasteiger charge is -2.13. The fourth-order valence-corrected chi connectivity index (χ4v) is 1.89. The van der Waals surface area contributed by atoms with Gasteiger partial charge in [-0.15, -0.1) is 0 Å². The van der Waals surface area contributed by atoms with E-state index in [1.165, 1.54) is 0 Å². The number of amides is 1. The third-order valence-electron chi connectivity index (χ3n) is 3.13. The highest BCUT2D eigenvalue weighted by molar-refractivity contribution is 6.30. The Bertz CT molecular complexity index is 613. The number of carbonyl (C=O) groups is 1. The van der Waals surface area contributed by atoms with Crippen molar-refractivity contribution in [2.75, 3.05) is 10.6 Å². The maximum absolute atomic E-state index is 12.2. The van der Waals surface area contributed by atoms with Gasteiger partial charge in [-0.05, 0) is 43.7 Å². The summed E-state index contributed by atoms with van der Waals surface area (Å²) in [6, 6.07) is 9.11. The summed E-state index contributed by atoms with van der Waals surface area (Å²) in [5.74, 6) is -0.197. The van der Waals surface area contributed by atoms with Gasteiger partial charge in [0.15, 0.2) is 0 Å². The third-order valence-corrected chi connectivity index (χ3v) is 3.38. The summed E-state index contributed by atoms with van der Waals surface area (Å²) in [6.45, 7) is 4.18. The van der Waals surface area contributed by atoms with Crippen molar-refractivity contribution in [3.05, 3.63) is 53.3 Å². The predicted molar refractivity (Wildman–Crippen MR) is 87.0 cm³/mol. The maximum atomic E-state index is 12.2. The summed E-state index contributed by atoms with van der Waals surface area (Å²) in [6.07, 6.45) is 4.26. The van der Waals surface area contributed by atoms with E-state index in [1.807, 2.05) is 0 Å². The van der Waals surface area contributed by atoms with Gasteiger partial charge in [-0.1, -0.05) is 18.5 Å². The van der Waals surface area contributed by atoms with Crippen LogP contribution in [0.2, 0.25) is 5.02 Å². The number of halogens is 1. The van der Waals surface area contributed by atoms with Gasteiger partial charge in [0.1, 0.15) is 0 Å². The molecule has 0 saturated heterocycles. The zero-order chi connectivity index (χ0) is 15.2. The van der Waals surface area contributed by atoms with E-state index >= 15 is 0 Å². The van der Waals surface area contributed by atoms with Gasteiger partial charge < -0.3 is 10.6 Å². The number of nitrogens with zero attached hydrogens (tertiary/aromatic N) is 1. The van der Waals surface area contributed by atoms with Crippen molar-refractivity contribution in [2.24, 2.45) is 0 Å². The molecular formula is C16H18ClN3O. The van der Waals surface area contributed by atoms with Gasteiger partial charge in [-0.25, -0.2) is 0 Å². The third kappa shape index (κ3) is 4.46. The van der Waals surface area contributed by atoms with E-state index in [1.54, 1.807) is 42.7 Å². The lowest BCUT2D eigenvalue weighted by Crippen LogP contribution is -2.16. The summed E-state index contributed by atoms with van der Waals surface area (Å²) in [5, 5.41) is 6.75. The summed E-state index contributed by atoms with van der Waals surface area (Å²) in [5.41, 5.74) is 2.05. The van der Waals surface area contributed by atoms with E-state index in [-0.39, 0.29) is 5.91 Å². The fourth-order valence-electron chi connectivity index (χ4n) is 1.77. The molecule has 0 radical (unpaired) electrons. The van der Waals surface area contributed by atoms with Crippen molar-refractivity contribution in [1.82, 2.24) is 4.98 Å². The van der Waals surface area contributed by atoms with Crippen molar-refractivity contribution in [3.8, 4) is 0 Å². The Balaban J connectivity index is 2.08. The molecule has 1 amide bonds. The average Bonchev–Trinajstić information content (AvgIpc) is 2.49. The van der Waals surface area contributed by atoms with E-state index in [0.29, 0.717) is 22.3 Å². The van der Waals surface area contributed by atoms with Gasteiger partial charge in [0, 0.05) is 29.1 Å². The van der Waals surface area contributed by atoms with Crippen LogP contribution in [-0.4, -0.2) is 16.9 Å². The van der Waals surface area contributed by atoms with Crippen LogP contribution in [0.25, 0.3) is 0 Å². The number of anilines is 2. The molecule has 0 saturated carbocycles. The molecule has 2 aromatic rings. The number of hydrogen-bond acceptors (Lipinski definition) is 3. The molecule has 0 aliphatic heterocycles. The maximum Gasteiger partial charge on any atom is 0.257 e. The summed E-state index contributed by atoms with van der Waals surface area (Å²) >= 11 is 5.82. The Kier molecular flexibility index (Phi) is 5.17. The number of aromatic nitrogens is 1. The number of pyridine rings is 1. The number of nitrogens with one attached hydrogen (secondary N) is 2. The van der Waals surface area contributed by atoms with Crippen molar-refractivity contribution in [1.29, 1.82) is 0 Å². The molecule has 0 aliphatic carbocycles. The minimum Gasteiger partial charge on any atom is -0.381 e. The zero-order valence-corrected chi connectivity index (χ0v) is 12.8. The van der Waals surface area contributed by atoms with E-state index in [9.17, 15) is 4.79 Å². The van der Waals surface area contributed by atoms with Crippen LogP contribution in [0.5, 0.6) is 0 Å². The van der Waals surface area contributed by atoms with Crippen molar-refractivity contribution in [3.63, 3.8) is 0 Å². The molecule has 2 rings (SSSR count). The average molecular weight is 304 g/mol. The van der Waals surface area contributed by atoms with Gasteiger partial charge >= 0.3 is 0 Å². The molecule has 4 nitrogen and oxygen atoms in total. The molecule has 0 spiro atoms. The van der Waals surface area contributed by atoms with Gasteiger partial charge in [-0.3, -0.25) is 9.78 Å². The number of rotatable bonds is 5. The van der Waals surface area contributed by atoms with Crippen LogP contribution in [0.4, 0.5) is 11.4 Å². The predicted octanol–water partition coefficient (Wildman–Crippen LogP) is 4.20. The highest BCUT2D eigenvalue weighted by Crippen LogP contribution is 2.16. The Morgan fingerprint density at radius 2 is 1.95 bits per heavy atom. The lowest BCUT2D eigenvalue weighted by molar-refractivity contribution is 0.102. The first-order valence-corrected chi connectivity index (χ1v) is 7.24. The standard InChI is InChI=1S/C16H18ClN3O/c1-3-11(2)19-15-8-12(9-18-10-15)16(21)20-14-6-4-13(17)5-7-14/h4-11,19H,3H2,1-2H3,(H,20,21). The SMILES string of the molecule is CCC(C)Nc1cncc(C(=O)Nc2ccc(Cl)cc2)c1. The van der Waals surface area contributed by atoms with Crippen LogP contribution in [-0.2, 0) is 0 Å². The van der Waals surface area contributed by atoms with Crippen molar-refractivity contribution in [2.45, 2.75) is 26.3 Å². The van der Waals surface area contributed by atoms with Crippen molar-refractivity contribution < 1.29 is 4.79 Å². The normalized spacial score (nSPS) is 11.8. The molecule has 5 heteroatoms. The topological polar surface area (TPSA) is 54.0 Å². The molecule has 1 aromatic heterocycles. The molecule has 0 bridgehead atoms. The Hall–Kier alpha value is -2.07. The molecule has 1 atom stereocenters. The number of carbonyl (C=O) groups excluding carboxylic acids is 1. The van der Waals surface area contributed by atoms with Crippen LogP contribution in [0, 0.1) is 0 Å².